The summed E-state index contributed by atoms with van der Waals surface area (Å²) in [5, 5.41) is 0. The molecule has 0 aromatic carbocycles. The van der Waals surface area contributed by atoms with Crippen LogP contribution in [0.25, 0.3) is 0 Å². The van der Waals surface area contributed by atoms with Crippen LogP contribution in [0.5, 0.6) is 0 Å². The molecule has 0 atom stereocenters. The predicted molar refractivity (Wildman–Crippen MR) is 42.0 cm³/mol. The Morgan fingerprint density at radius 3 is 3.22 bits per heavy atom. The van der Waals surface area contributed by atoms with Crippen molar-refractivity contribution in [2.45, 2.75) is 6.85 Å². The van der Waals surface area contributed by atoms with Crippen LogP contribution in [0.4, 0.5) is 0 Å². The summed E-state index contributed by atoms with van der Waals surface area (Å²) in [6.45, 7) is -2.74. The van der Waals surface area contributed by atoms with Crippen LogP contribution in [0.3, 0.4) is 0 Å². The first-order valence-electron chi connectivity index (χ1n) is 4.55. The lowest BCUT2D eigenvalue weighted by Crippen LogP contribution is -1.83. The lowest BCUT2D eigenvalue weighted by Gasteiger charge is -1.80. The van der Waals surface area contributed by atoms with E-state index in [4.69, 9.17) is 6.85 Å². The quantitative estimate of drug-likeness (QED) is 0.651. The molecule has 0 bridgehead atoms. The molecule has 0 aliphatic heterocycles. The van der Waals surface area contributed by atoms with E-state index in [0.717, 1.165) is 11.3 Å². The number of carbonyl (C=O) groups excluding carboxylic acids is 1. The third-order valence-electron chi connectivity index (χ3n) is 0.672. The molecule has 0 N–H and O–H groups in total. The minimum absolute atomic E-state index is 0.150. The molecular weight excluding hydrogens is 200 g/mol. The van der Waals surface area contributed by atoms with E-state index in [0.29, 0.717) is 3.79 Å². The lowest BCUT2D eigenvalue weighted by molar-refractivity contribution is 0.102. The van der Waals surface area contributed by atoms with Crippen LogP contribution < -0.4 is 0 Å². The smallest absolute Gasteiger partial charge is 0.169 e. The molecule has 3 heteroatoms. The minimum Gasteiger partial charge on any atom is -0.294 e. The van der Waals surface area contributed by atoms with Crippen molar-refractivity contribution in [2.24, 2.45) is 0 Å². The number of carbonyl (C=O) groups is 1. The van der Waals surface area contributed by atoms with Gasteiger partial charge in [-0.2, -0.15) is 0 Å². The fourth-order valence-corrected chi connectivity index (χ4v) is 1.41. The zero-order valence-corrected chi connectivity index (χ0v) is 6.60. The number of thiophene rings is 1. The van der Waals surface area contributed by atoms with E-state index in [-0.39, 0.29) is 17.0 Å². The summed E-state index contributed by atoms with van der Waals surface area (Å²) in [5.41, 5.74) is 0. The first kappa shape index (κ1) is 2.84. The number of hydrogen-bond donors (Lipinski definition) is 0. The van der Waals surface area contributed by atoms with E-state index in [2.05, 4.69) is 15.9 Å². The van der Waals surface area contributed by atoms with Gasteiger partial charge in [-0.05, 0) is 34.9 Å². The Balaban J connectivity index is 3.22. The summed E-state index contributed by atoms with van der Waals surface area (Å²) in [4.78, 5) is 11.1. The molecule has 0 saturated carbocycles. The van der Waals surface area contributed by atoms with Crippen LogP contribution in [0.2, 0.25) is 0 Å². The maximum absolute atomic E-state index is 11.3. The summed E-state index contributed by atoms with van der Waals surface area (Å²) in [6, 6.07) is -0.481. The number of halogens is 1. The van der Waals surface area contributed by atoms with Gasteiger partial charge in [0.2, 0.25) is 0 Å². The summed E-state index contributed by atoms with van der Waals surface area (Å²) >= 11 is 3.79. The topological polar surface area (TPSA) is 17.1 Å². The average Bonchev–Trinajstić information content (AvgIpc) is 2.30. The first-order valence-corrected chi connectivity index (χ1v) is 3.66. The molecule has 0 unspecified atom stereocenters. The summed E-state index contributed by atoms with van der Waals surface area (Å²) in [6.07, 6.45) is 0. The van der Waals surface area contributed by atoms with Gasteiger partial charge in [0.1, 0.15) is 0 Å². The Morgan fingerprint density at radius 1 is 2.00 bits per heavy atom. The van der Waals surface area contributed by atoms with E-state index in [1.807, 2.05) is 0 Å². The highest BCUT2D eigenvalue weighted by Crippen LogP contribution is 2.21. The maximum atomic E-state index is 11.3. The van der Waals surface area contributed by atoms with Gasteiger partial charge in [0, 0.05) is 4.11 Å². The molecule has 0 aliphatic rings. The molecule has 1 rings (SSSR count). The Labute approximate surface area is 72.9 Å². The fourth-order valence-electron chi connectivity index (χ4n) is 0.350. The Bertz CT molecular complexity index is 382. The minimum atomic E-state index is -2.74. The van der Waals surface area contributed by atoms with Gasteiger partial charge in [0.15, 0.2) is 5.78 Å². The van der Waals surface area contributed by atoms with E-state index in [1.54, 1.807) is 0 Å². The molecule has 48 valence electrons. The second-order valence-electron chi connectivity index (χ2n) is 1.28. The maximum Gasteiger partial charge on any atom is 0.169 e. The van der Waals surface area contributed by atoms with Crippen molar-refractivity contribution in [1.29, 1.82) is 0 Å². The third kappa shape index (κ3) is 1.63. The number of hydrogen-bond acceptors (Lipinski definition) is 2. The van der Waals surface area contributed by atoms with E-state index in [1.165, 1.54) is 0 Å². The standard InChI is InChI=1S/C6H5BrOS/c1-4(8)5-2-3-6(7)9-5/h2-3H,1H3/i1D3,2D,3D. The van der Waals surface area contributed by atoms with Gasteiger partial charge in [-0.1, -0.05) is 0 Å². The molecule has 0 radical (unpaired) electrons. The Hall–Kier alpha value is -0.150. The zero-order chi connectivity index (χ0) is 11.1. The van der Waals surface area contributed by atoms with Crippen molar-refractivity contribution >= 4 is 33.0 Å². The van der Waals surface area contributed by atoms with Crippen LogP contribution in [0, 0.1) is 0 Å². The van der Waals surface area contributed by atoms with Crippen LogP contribution in [0.1, 0.15) is 23.4 Å². The largest absolute Gasteiger partial charge is 0.294 e. The highest BCUT2D eigenvalue weighted by atomic mass is 79.9. The molecule has 1 heterocycles. The highest BCUT2D eigenvalue weighted by molar-refractivity contribution is 9.11. The van der Waals surface area contributed by atoms with E-state index >= 15 is 0 Å². The Kier molecular flexibility index (Phi) is 0.829. The van der Waals surface area contributed by atoms with Gasteiger partial charge in [-0.3, -0.25) is 4.79 Å². The van der Waals surface area contributed by atoms with Crippen LogP contribution in [0.15, 0.2) is 15.9 Å². The molecule has 9 heavy (non-hydrogen) atoms. The van der Waals surface area contributed by atoms with Crippen LogP contribution in [-0.4, -0.2) is 5.78 Å². The van der Waals surface area contributed by atoms with Gasteiger partial charge in [0.25, 0.3) is 0 Å². The SMILES string of the molecule is [2H]c1c(Br)sc(C(=O)C([2H])([2H])[2H])c1[2H]. The average molecular weight is 210 g/mol. The van der Waals surface area contributed by atoms with E-state index < -0.39 is 12.6 Å². The second kappa shape index (κ2) is 2.62. The fraction of sp³-hybridized carbons (Fsp3) is 0.167. The molecule has 0 saturated heterocycles. The predicted octanol–water partition coefficient (Wildman–Crippen LogP) is 2.71. The molecule has 0 spiro atoms. The number of rotatable bonds is 1. The van der Waals surface area contributed by atoms with Crippen molar-refractivity contribution in [2.75, 3.05) is 0 Å². The van der Waals surface area contributed by atoms with Gasteiger partial charge < -0.3 is 0 Å². The molecule has 0 fully saturated rings. The monoisotopic (exact) mass is 209 g/mol. The number of Topliss-reactive ketones (excluding diaryl/α,β-unsaturated/α-hetero) is 1. The zero-order valence-electron chi connectivity index (χ0n) is 9.19. The van der Waals surface area contributed by atoms with Crippen LogP contribution in [-0.2, 0) is 0 Å². The van der Waals surface area contributed by atoms with Crippen LogP contribution >= 0.6 is 27.3 Å². The lowest BCUT2D eigenvalue weighted by atomic mass is 10.4. The molecule has 1 aromatic rings. The van der Waals surface area contributed by atoms with Gasteiger partial charge in [-0.25, -0.2) is 0 Å². The van der Waals surface area contributed by atoms with Gasteiger partial charge in [0.05, 0.1) is 11.4 Å². The highest BCUT2D eigenvalue weighted by Gasteiger charge is 2.00. The second-order valence-corrected chi connectivity index (χ2v) is 3.62. The molecular formula is C6H5BrOS. The third-order valence-corrected chi connectivity index (χ3v) is 2.13. The van der Waals surface area contributed by atoms with Crippen molar-refractivity contribution in [1.82, 2.24) is 0 Å². The van der Waals surface area contributed by atoms with Crippen molar-refractivity contribution in [3.05, 3.63) is 20.7 Å². The van der Waals surface area contributed by atoms with Crippen molar-refractivity contribution < 1.29 is 11.6 Å². The van der Waals surface area contributed by atoms with Gasteiger partial charge >= 0.3 is 0 Å². The summed E-state index contributed by atoms with van der Waals surface area (Å²) in [7, 11) is 0. The molecule has 1 nitrogen and oxygen atoms in total. The molecule has 1 aromatic heterocycles. The normalized spacial score (nSPS) is 19.0. The van der Waals surface area contributed by atoms with Crippen molar-refractivity contribution in [3.63, 3.8) is 0 Å². The van der Waals surface area contributed by atoms with E-state index in [9.17, 15) is 4.79 Å². The first-order chi connectivity index (χ1) is 6.25. The molecule has 0 aliphatic carbocycles. The van der Waals surface area contributed by atoms with Gasteiger partial charge in [-0.15, -0.1) is 11.3 Å². The summed E-state index contributed by atoms with van der Waals surface area (Å²) < 4.78 is 35.6. The summed E-state index contributed by atoms with van der Waals surface area (Å²) in [5.74, 6) is -1.08. The number of ketones is 1. The van der Waals surface area contributed by atoms with Crippen molar-refractivity contribution in [3.8, 4) is 0 Å². The Morgan fingerprint density at radius 2 is 2.78 bits per heavy atom. The molecule has 0 amide bonds.